The number of carbonyl (C=O) groups is 1. The predicted octanol–water partition coefficient (Wildman–Crippen LogP) is 4.36. The third kappa shape index (κ3) is 4.22. The van der Waals surface area contributed by atoms with E-state index in [1.807, 2.05) is 24.3 Å². The summed E-state index contributed by atoms with van der Waals surface area (Å²) in [5.74, 6) is 0.100. The summed E-state index contributed by atoms with van der Waals surface area (Å²) in [5, 5.41) is 0. The topological polar surface area (TPSA) is 59.2 Å². The first-order valence-corrected chi connectivity index (χ1v) is 10.3. The Bertz CT molecular complexity index is 798. The number of pyridine rings is 1. The van der Waals surface area contributed by atoms with Gasteiger partial charge in [-0.2, -0.15) is 0 Å². The average Bonchev–Trinajstić information content (AvgIpc) is 2.75. The maximum atomic E-state index is 11.5. The van der Waals surface area contributed by atoms with E-state index in [9.17, 15) is 4.79 Å². The molecule has 1 aliphatic heterocycles. The molecule has 4 nitrogen and oxygen atoms in total. The fraction of sp³-hybridized carbons (Fsp3) is 0.478. The van der Waals surface area contributed by atoms with Crippen molar-refractivity contribution in [3.63, 3.8) is 0 Å². The Morgan fingerprint density at radius 1 is 1.00 bits per heavy atom. The summed E-state index contributed by atoms with van der Waals surface area (Å²) in [6, 6.07) is 14.5. The molecule has 2 aliphatic rings. The molecular weight excluding hydrogens is 334 g/mol. The van der Waals surface area contributed by atoms with Gasteiger partial charge in [0.05, 0.1) is 5.69 Å². The molecule has 2 heterocycles. The van der Waals surface area contributed by atoms with Crippen LogP contribution in [0.5, 0.6) is 0 Å². The number of carbonyl (C=O) groups excluding carboxylic acids is 1. The van der Waals surface area contributed by atoms with Gasteiger partial charge < -0.3 is 5.73 Å². The molecule has 2 aromatic rings. The van der Waals surface area contributed by atoms with Crippen molar-refractivity contribution in [2.75, 3.05) is 13.1 Å². The van der Waals surface area contributed by atoms with Crippen LogP contribution >= 0.6 is 0 Å². The Hall–Kier alpha value is -2.20. The van der Waals surface area contributed by atoms with Crippen LogP contribution in [0.3, 0.4) is 0 Å². The normalized spacial score (nSPS) is 21.9. The summed E-state index contributed by atoms with van der Waals surface area (Å²) >= 11 is 0. The van der Waals surface area contributed by atoms with Crippen LogP contribution in [0.1, 0.15) is 66.9 Å². The van der Waals surface area contributed by atoms with E-state index in [0.717, 1.165) is 23.8 Å². The van der Waals surface area contributed by atoms with Gasteiger partial charge in [-0.25, -0.2) is 0 Å². The van der Waals surface area contributed by atoms with Crippen LogP contribution in [-0.2, 0) is 0 Å². The number of primary amides is 1. The number of rotatable bonds is 4. The monoisotopic (exact) mass is 363 g/mol. The molecule has 1 atom stereocenters. The molecule has 1 aromatic heterocycles. The van der Waals surface area contributed by atoms with Crippen molar-refractivity contribution in [1.29, 1.82) is 0 Å². The molecule has 27 heavy (non-hydrogen) atoms. The van der Waals surface area contributed by atoms with Gasteiger partial charge in [-0.1, -0.05) is 37.5 Å². The molecule has 1 aromatic carbocycles. The number of hydrogen-bond donors (Lipinski definition) is 1. The second-order valence-electron chi connectivity index (χ2n) is 8.02. The molecule has 0 unspecified atom stereocenters. The van der Waals surface area contributed by atoms with E-state index in [-0.39, 0.29) is 0 Å². The lowest BCUT2D eigenvalue weighted by molar-refractivity contribution is 0.100. The van der Waals surface area contributed by atoms with Crippen molar-refractivity contribution in [2.45, 2.75) is 56.9 Å². The maximum absolute atomic E-state index is 11.5. The molecule has 2 fully saturated rings. The Balaban J connectivity index is 1.53. The lowest BCUT2D eigenvalue weighted by atomic mass is 9.88. The van der Waals surface area contributed by atoms with Crippen molar-refractivity contribution >= 4 is 5.91 Å². The van der Waals surface area contributed by atoms with Gasteiger partial charge in [0.2, 0.25) is 5.91 Å². The van der Waals surface area contributed by atoms with E-state index in [1.165, 1.54) is 57.2 Å². The van der Waals surface area contributed by atoms with Crippen LogP contribution in [0.25, 0.3) is 11.3 Å². The average molecular weight is 364 g/mol. The Morgan fingerprint density at radius 2 is 1.81 bits per heavy atom. The van der Waals surface area contributed by atoms with Crippen molar-refractivity contribution in [3.8, 4) is 11.3 Å². The van der Waals surface area contributed by atoms with E-state index in [1.54, 1.807) is 6.07 Å². The van der Waals surface area contributed by atoms with Gasteiger partial charge in [-0.05, 0) is 56.5 Å². The molecule has 142 valence electrons. The fourth-order valence-corrected chi connectivity index (χ4v) is 4.70. The third-order valence-corrected chi connectivity index (χ3v) is 6.18. The number of aromatic nitrogens is 1. The predicted molar refractivity (Wildman–Crippen MR) is 109 cm³/mol. The van der Waals surface area contributed by atoms with Gasteiger partial charge in [0.1, 0.15) is 0 Å². The standard InChI is InChI=1S/C23H29N3O/c24-23(27)18-8-4-7-17(15-18)21-12-5-13-22(25-21)19-9-6-14-26(16-19)20-10-2-1-3-11-20/h4-5,7-8,12-13,15,19-20H,1-3,6,9-11,14,16H2,(H2,24,27)/t19-/m0/s1. The van der Waals surface area contributed by atoms with Crippen LogP contribution in [0, 0.1) is 0 Å². The van der Waals surface area contributed by atoms with E-state index in [4.69, 9.17) is 10.7 Å². The van der Waals surface area contributed by atoms with Crippen LogP contribution < -0.4 is 5.73 Å². The largest absolute Gasteiger partial charge is 0.366 e. The van der Waals surface area contributed by atoms with Crippen LogP contribution in [-0.4, -0.2) is 34.9 Å². The Kier molecular flexibility index (Phi) is 5.53. The zero-order chi connectivity index (χ0) is 18.6. The quantitative estimate of drug-likeness (QED) is 0.878. The van der Waals surface area contributed by atoms with Crippen LogP contribution in [0.15, 0.2) is 42.5 Å². The summed E-state index contributed by atoms with van der Waals surface area (Å²) in [5.41, 5.74) is 9.01. The van der Waals surface area contributed by atoms with Gasteiger partial charge in [-0.3, -0.25) is 14.7 Å². The smallest absolute Gasteiger partial charge is 0.248 e. The maximum Gasteiger partial charge on any atom is 0.248 e. The fourth-order valence-electron chi connectivity index (χ4n) is 4.70. The van der Waals surface area contributed by atoms with Gasteiger partial charge in [0, 0.05) is 35.3 Å². The van der Waals surface area contributed by atoms with Crippen molar-refractivity contribution in [3.05, 3.63) is 53.7 Å². The molecule has 4 rings (SSSR count). The van der Waals surface area contributed by atoms with Gasteiger partial charge >= 0.3 is 0 Å². The lowest BCUT2D eigenvalue weighted by Crippen LogP contribution is -2.43. The Morgan fingerprint density at radius 3 is 2.63 bits per heavy atom. The molecular formula is C23H29N3O. The first-order chi connectivity index (χ1) is 13.2. The van der Waals surface area contributed by atoms with Gasteiger partial charge in [-0.15, -0.1) is 0 Å². The zero-order valence-corrected chi connectivity index (χ0v) is 15.9. The Labute approximate surface area is 161 Å². The highest BCUT2D eigenvalue weighted by atomic mass is 16.1. The van der Waals surface area contributed by atoms with E-state index in [2.05, 4.69) is 17.0 Å². The van der Waals surface area contributed by atoms with Crippen LogP contribution in [0.2, 0.25) is 0 Å². The minimum absolute atomic E-state index is 0.400. The molecule has 0 spiro atoms. The summed E-state index contributed by atoms with van der Waals surface area (Å²) in [6.45, 7) is 2.37. The lowest BCUT2D eigenvalue weighted by Gasteiger charge is -2.40. The van der Waals surface area contributed by atoms with Crippen molar-refractivity contribution in [1.82, 2.24) is 9.88 Å². The van der Waals surface area contributed by atoms with E-state index in [0.29, 0.717) is 11.5 Å². The van der Waals surface area contributed by atoms with Gasteiger partial charge in [0.15, 0.2) is 0 Å². The molecule has 4 heteroatoms. The highest BCUT2D eigenvalue weighted by molar-refractivity contribution is 5.93. The molecule has 2 N–H and O–H groups in total. The van der Waals surface area contributed by atoms with E-state index >= 15 is 0 Å². The highest BCUT2D eigenvalue weighted by Gasteiger charge is 2.28. The molecule has 1 amide bonds. The van der Waals surface area contributed by atoms with Gasteiger partial charge in [0.25, 0.3) is 0 Å². The van der Waals surface area contributed by atoms with Crippen LogP contribution in [0.4, 0.5) is 0 Å². The molecule has 1 aliphatic carbocycles. The number of piperidine rings is 1. The van der Waals surface area contributed by atoms with E-state index < -0.39 is 5.91 Å². The number of nitrogens with zero attached hydrogens (tertiary/aromatic N) is 2. The number of nitrogens with two attached hydrogens (primary N) is 1. The molecule has 0 radical (unpaired) electrons. The summed E-state index contributed by atoms with van der Waals surface area (Å²) < 4.78 is 0. The first kappa shape index (κ1) is 18.2. The summed E-state index contributed by atoms with van der Waals surface area (Å²) in [7, 11) is 0. The number of hydrogen-bond acceptors (Lipinski definition) is 3. The number of benzene rings is 1. The molecule has 1 saturated heterocycles. The summed E-state index contributed by atoms with van der Waals surface area (Å²) in [4.78, 5) is 19.2. The number of amides is 1. The molecule has 1 saturated carbocycles. The number of likely N-dealkylation sites (tertiary alicyclic amines) is 1. The summed E-state index contributed by atoms with van der Waals surface area (Å²) in [6.07, 6.45) is 9.36. The minimum Gasteiger partial charge on any atom is -0.366 e. The highest BCUT2D eigenvalue weighted by Crippen LogP contribution is 2.32. The second kappa shape index (κ2) is 8.22. The van der Waals surface area contributed by atoms with Crippen molar-refractivity contribution in [2.24, 2.45) is 5.73 Å². The zero-order valence-electron chi connectivity index (χ0n) is 15.9. The van der Waals surface area contributed by atoms with Crippen molar-refractivity contribution < 1.29 is 4.79 Å². The molecule has 0 bridgehead atoms. The third-order valence-electron chi connectivity index (χ3n) is 6.18. The first-order valence-electron chi connectivity index (χ1n) is 10.3. The SMILES string of the molecule is NC(=O)c1cccc(-c2cccc([C@H]3CCCN(C4CCCCC4)C3)n2)c1. The second-order valence-corrected chi connectivity index (χ2v) is 8.02. The minimum atomic E-state index is -0.400.